The Balaban J connectivity index is 1.55. The topological polar surface area (TPSA) is 15.7 Å². The van der Waals surface area contributed by atoms with Gasteiger partial charge in [-0.3, -0.25) is 0 Å². The molecule has 2 heterocycles. The van der Waals surface area contributed by atoms with E-state index in [0.29, 0.717) is 6.10 Å². The van der Waals surface area contributed by atoms with Crippen molar-refractivity contribution in [2.24, 2.45) is 17.8 Å². The van der Waals surface area contributed by atoms with E-state index in [1.54, 1.807) is 0 Å². The van der Waals surface area contributed by atoms with Gasteiger partial charge >= 0.3 is 0 Å². The number of nitrogens with zero attached hydrogens (tertiary/aromatic N) is 2. The zero-order valence-corrected chi connectivity index (χ0v) is 16.8. The van der Waals surface area contributed by atoms with Crippen molar-refractivity contribution in [3.63, 3.8) is 0 Å². The number of hydrogen-bond donors (Lipinski definition) is 0. The molecular weight excluding hydrogens is 296 g/mol. The average Bonchev–Trinajstić information content (AvgIpc) is 2.62. The van der Waals surface area contributed by atoms with Gasteiger partial charge in [-0.15, -0.1) is 0 Å². The normalized spacial score (nSPS) is 25.0. The molecule has 2 aliphatic heterocycles. The second-order valence-corrected chi connectivity index (χ2v) is 8.60. The first-order valence-electron chi connectivity index (χ1n) is 10.7. The van der Waals surface area contributed by atoms with Crippen LogP contribution in [0, 0.1) is 17.8 Å². The predicted molar refractivity (Wildman–Crippen MR) is 103 cm³/mol. The molecule has 0 aromatic carbocycles. The van der Waals surface area contributed by atoms with E-state index in [9.17, 15) is 0 Å². The first-order chi connectivity index (χ1) is 11.6. The van der Waals surface area contributed by atoms with E-state index in [-0.39, 0.29) is 0 Å². The summed E-state index contributed by atoms with van der Waals surface area (Å²) >= 11 is 0. The fourth-order valence-corrected chi connectivity index (χ4v) is 4.01. The van der Waals surface area contributed by atoms with Gasteiger partial charge in [0, 0.05) is 32.8 Å². The number of likely N-dealkylation sites (tertiary alicyclic amines) is 2. The van der Waals surface area contributed by atoms with E-state index in [1.165, 1.54) is 77.8 Å². The minimum atomic E-state index is 0.524. The number of rotatable bonds is 9. The highest BCUT2D eigenvalue weighted by atomic mass is 16.5. The molecule has 2 atom stereocenters. The van der Waals surface area contributed by atoms with Crippen LogP contribution in [0.1, 0.15) is 66.2 Å². The highest BCUT2D eigenvalue weighted by molar-refractivity contribution is 4.76. The Kier molecular flexibility index (Phi) is 9.07. The van der Waals surface area contributed by atoms with E-state index < -0.39 is 0 Å². The quantitative estimate of drug-likeness (QED) is 0.624. The van der Waals surface area contributed by atoms with Gasteiger partial charge in [0.15, 0.2) is 0 Å². The van der Waals surface area contributed by atoms with E-state index in [0.717, 1.165) is 24.4 Å². The van der Waals surface area contributed by atoms with E-state index in [4.69, 9.17) is 4.74 Å². The molecule has 0 bridgehead atoms. The molecule has 0 aromatic heterocycles. The molecule has 0 radical (unpaired) electrons. The molecule has 2 aliphatic rings. The molecule has 0 spiro atoms. The Hall–Kier alpha value is -0.120. The predicted octanol–water partition coefficient (Wildman–Crippen LogP) is 4.27. The first-order valence-corrected chi connectivity index (χ1v) is 10.7. The Bertz CT molecular complexity index is 288. The van der Waals surface area contributed by atoms with Crippen LogP contribution in [0.2, 0.25) is 0 Å². The Morgan fingerprint density at radius 3 is 1.71 bits per heavy atom. The summed E-state index contributed by atoms with van der Waals surface area (Å²) < 4.78 is 6.29. The third kappa shape index (κ3) is 7.01. The van der Waals surface area contributed by atoms with E-state index in [2.05, 4.69) is 37.5 Å². The second kappa shape index (κ2) is 10.8. The standard InChI is InChI=1S/C21H42N2O/c1-5-18(3)15-22-11-7-20(8-12-22)17-24-21-9-13-23(14-10-21)16-19(4)6-2/h18-21H,5-17H2,1-4H3. The van der Waals surface area contributed by atoms with Crippen LogP contribution in [0.3, 0.4) is 0 Å². The maximum Gasteiger partial charge on any atom is 0.0599 e. The van der Waals surface area contributed by atoms with Crippen molar-refractivity contribution < 1.29 is 4.74 Å². The lowest BCUT2D eigenvalue weighted by molar-refractivity contribution is -0.0213. The molecule has 2 saturated heterocycles. The van der Waals surface area contributed by atoms with Crippen LogP contribution in [0.25, 0.3) is 0 Å². The van der Waals surface area contributed by atoms with Crippen LogP contribution in [0.15, 0.2) is 0 Å². The van der Waals surface area contributed by atoms with Crippen molar-refractivity contribution >= 4 is 0 Å². The van der Waals surface area contributed by atoms with Gasteiger partial charge in [0.05, 0.1) is 6.10 Å². The highest BCUT2D eigenvalue weighted by Gasteiger charge is 2.24. The average molecular weight is 339 g/mol. The number of ether oxygens (including phenoxy) is 1. The van der Waals surface area contributed by atoms with Gasteiger partial charge in [-0.25, -0.2) is 0 Å². The zero-order chi connectivity index (χ0) is 17.4. The smallest absolute Gasteiger partial charge is 0.0599 e. The summed E-state index contributed by atoms with van der Waals surface area (Å²) in [6.07, 6.45) is 8.28. The van der Waals surface area contributed by atoms with E-state index >= 15 is 0 Å². The number of hydrogen-bond acceptors (Lipinski definition) is 3. The van der Waals surface area contributed by atoms with Crippen LogP contribution in [-0.2, 0) is 4.74 Å². The van der Waals surface area contributed by atoms with Crippen molar-refractivity contribution in [2.45, 2.75) is 72.3 Å². The van der Waals surface area contributed by atoms with Crippen molar-refractivity contribution in [3.8, 4) is 0 Å². The lowest BCUT2D eigenvalue weighted by Gasteiger charge is -2.36. The van der Waals surface area contributed by atoms with E-state index in [1.807, 2.05) is 0 Å². The van der Waals surface area contributed by atoms with Crippen LogP contribution >= 0.6 is 0 Å². The molecule has 142 valence electrons. The van der Waals surface area contributed by atoms with Gasteiger partial charge in [-0.2, -0.15) is 0 Å². The van der Waals surface area contributed by atoms with Crippen LogP contribution in [0.5, 0.6) is 0 Å². The molecule has 3 nitrogen and oxygen atoms in total. The molecule has 2 fully saturated rings. The fraction of sp³-hybridized carbons (Fsp3) is 1.00. The SMILES string of the molecule is CCC(C)CN1CCC(COC2CCN(CC(C)CC)CC2)CC1. The van der Waals surface area contributed by atoms with Crippen molar-refractivity contribution in [1.29, 1.82) is 0 Å². The summed E-state index contributed by atoms with van der Waals surface area (Å²) in [5.74, 6) is 2.48. The third-order valence-corrected chi connectivity index (χ3v) is 6.34. The van der Waals surface area contributed by atoms with Gasteiger partial charge < -0.3 is 14.5 Å². The lowest BCUT2D eigenvalue weighted by Crippen LogP contribution is -2.41. The molecule has 3 heteroatoms. The summed E-state index contributed by atoms with van der Waals surface area (Å²) in [5, 5.41) is 0. The Labute approximate surface area is 151 Å². The molecule has 0 amide bonds. The third-order valence-electron chi connectivity index (χ3n) is 6.34. The molecule has 2 rings (SSSR count). The van der Waals surface area contributed by atoms with Gasteiger partial charge in [-0.1, -0.05) is 40.5 Å². The van der Waals surface area contributed by atoms with Crippen molar-refractivity contribution in [1.82, 2.24) is 9.80 Å². The van der Waals surface area contributed by atoms with Crippen molar-refractivity contribution in [2.75, 3.05) is 45.9 Å². The molecule has 0 saturated carbocycles. The fourth-order valence-electron chi connectivity index (χ4n) is 4.01. The van der Waals surface area contributed by atoms with Gasteiger partial charge in [-0.05, 0) is 56.5 Å². The molecule has 0 aromatic rings. The molecule has 0 aliphatic carbocycles. The maximum absolute atomic E-state index is 6.29. The summed E-state index contributed by atoms with van der Waals surface area (Å²) in [6, 6.07) is 0. The van der Waals surface area contributed by atoms with Gasteiger partial charge in [0.25, 0.3) is 0 Å². The molecular formula is C21H42N2O. The largest absolute Gasteiger partial charge is 0.378 e. The van der Waals surface area contributed by atoms with Crippen LogP contribution in [-0.4, -0.2) is 61.8 Å². The molecule has 24 heavy (non-hydrogen) atoms. The summed E-state index contributed by atoms with van der Waals surface area (Å²) in [6.45, 7) is 18.0. The van der Waals surface area contributed by atoms with Gasteiger partial charge in [0.2, 0.25) is 0 Å². The summed E-state index contributed by atoms with van der Waals surface area (Å²) in [4.78, 5) is 5.31. The minimum absolute atomic E-state index is 0.524. The zero-order valence-electron chi connectivity index (χ0n) is 16.8. The Morgan fingerprint density at radius 2 is 1.25 bits per heavy atom. The Morgan fingerprint density at radius 1 is 0.792 bits per heavy atom. The molecule has 2 unspecified atom stereocenters. The molecule has 0 N–H and O–H groups in total. The second-order valence-electron chi connectivity index (χ2n) is 8.60. The minimum Gasteiger partial charge on any atom is -0.378 e. The monoisotopic (exact) mass is 338 g/mol. The lowest BCUT2D eigenvalue weighted by atomic mass is 9.96. The van der Waals surface area contributed by atoms with Gasteiger partial charge in [0.1, 0.15) is 0 Å². The van der Waals surface area contributed by atoms with Crippen LogP contribution < -0.4 is 0 Å². The first kappa shape index (κ1) is 20.2. The van der Waals surface area contributed by atoms with Crippen molar-refractivity contribution in [3.05, 3.63) is 0 Å². The maximum atomic E-state index is 6.29. The van der Waals surface area contributed by atoms with Crippen LogP contribution in [0.4, 0.5) is 0 Å². The summed E-state index contributed by atoms with van der Waals surface area (Å²) in [5.41, 5.74) is 0. The number of piperidine rings is 2. The summed E-state index contributed by atoms with van der Waals surface area (Å²) in [7, 11) is 0. The highest BCUT2D eigenvalue weighted by Crippen LogP contribution is 2.22.